The highest BCUT2D eigenvalue weighted by molar-refractivity contribution is 6.40. The summed E-state index contributed by atoms with van der Waals surface area (Å²) in [6.07, 6.45) is 4.17. The lowest BCUT2D eigenvalue weighted by atomic mass is 9.77. The minimum Gasteiger partial charge on any atom is -0.480 e. The van der Waals surface area contributed by atoms with Crippen molar-refractivity contribution in [3.8, 4) is 11.1 Å². The van der Waals surface area contributed by atoms with E-state index in [9.17, 15) is 9.90 Å². The number of carbonyl (C=O) groups is 1. The SMILES string of the molecule is N[C@@](CCCCB(O)O)(C(=O)O)[C@@H]1CC[C@H](NCc2ccc(-c3ccccc3)cc2)C1. The van der Waals surface area contributed by atoms with Gasteiger partial charge in [0, 0.05) is 12.6 Å². The van der Waals surface area contributed by atoms with E-state index in [1.807, 2.05) is 18.2 Å². The molecule has 1 aliphatic rings. The first-order valence-corrected chi connectivity index (χ1v) is 11.1. The van der Waals surface area contributed by atoms with Crippen LogP contribution in [0.1, 0.15) is 44.1 Å². The molecule has 166 valence electrons. The van der Waals surface area contributed by atoms with Gasteiger partial charge in [-0.3, -0.25) is 4.79 Å². The zero-order chi connectivity index (χ0) is 22.3. The van der Waals surface area contributed by atoms with Gasteiger partial charge in [0.1, 0.15) is 5.54 Å². The number of nitrogens with one attached hydrogen (secondary N) is 1. The van der Waals surface area contributed by atoms with Crippen LogP contribution in [0.25, 0.3) is 11.1 Å². The summed E-state index contributed by atoms with van der Waals surface area (Å²) >= 11 is 0. The maximum atomic E-state index is 11.9. The van der Waals surface area contributed by atoms with Crippen LogP contribution in [0.5, 0.6) is 0 Å². The summed E-state index contributed by atoms with van der Waals surface area (Å²) in [5, 5.41) is 31.3. The van der Waals surface area contributed by atoms with Gasteiger partial charge in [-0.1, -0.05) is 67.4 Å². The molecule has 0 amide bonds. The molecule has 31 heavy (non-hydrogen) atoms. The number of nitrogens with two attached hydrogens (primary N) is 1. The lowest BCUT2D eigenvalue weighted by Crippen LogP contribution is -2.53. The zero-order valence-electron chi connectivity index (χ0n) is 17.9. The van der Waals surface area contributed by atoms with Crippen molar-refractivity contribution in [1.29, 1.82) is 0 Å². The smallest absolute Gasteiger partial charge is 0.451 e. The molecule has 1 saturated carbocycles. The van der Waals surface area contributed by atoms with Gasteiger partial charge in [0.25, 0.3) is 0 Å². The highest BCUT2D eigenvalue weighted by Crippen LogP contribution is 2.36. The van der Waals surface area contributed by atoms with Crippen LogP contribution in [0.2, 0.25) is 6.32 Å². The molecule has 1 aliphatic carbocycles. The third-order valence-corrected chi connectivity index (χ3v) is 6.52. The fourth-order valence-corrected chi connectivity index (χ4v) is 4.57. The summed E-state index contributed by atoms with van der Waals surface area (Å²) in [5.74, 6) is -1.04. The molecule has 3 atom stereocenters. The second-order valence-electron chi connectivity index (χ2n) is 8.72. The van der Waals surface area contributed by atoms with Crippen molar-refractivity contribution in [2.75, 3.05) is 0 Å². The maximum absolute atomic E-state index is 11.9. The van der Waals surface area contributed by atoms with Gasteiger partial charge in [-0.15, -0.1) is 0 Å². The second-order valence-corrected chi connectivity index (χ2v) is 8.72. The molecular weight excluding hydrogens is 391 g/mol. The van der Waals surface area contributed by atoms with Crippen molar-refractivity contribution in [3.05, 3.63) is 60.2 Å². The Morgan fingerprint density at radius 1 is 1.03 bits per heavy atom. The van der Waals surface area contributed by atoms with Gasteiger partial charge >= 0.3 is 13.1 Å². The Morgan fingerprint density at radius 2 is 1.71 bits per heavy atom. The number of carboxylic acids is 1. The summed E-state index contributed by atoms with van der Waals surface area (Å²) in [6, 6.07) is 19.0. The summed E-state index contributed by atoms with van der Waals surface area (Å²) in [4.78, 5) is 11.9. The van der Waals surface area contributed by atoms with Gasteiger partial charge in [0.05, 0.1) is 0 Å². The van der Waals surface area contributed by atoms with E-state index < -0.39 is 18.6 Å². The summed E-state index contributed by atoms with van der Waals surface area (Å²) in [7, 11) is -1.35. The minimum absolute atomic E-state index is 0.0815. The van der Waals surface area contributed by atoms with Crippen molar-refractivity contribution in [2.24, 2.45) is 11.7 Å². The van der Waals surface area contributed by atoms with Gasteiger partial charge in [-0.25, -0.2) is 0 Å². The molecule has 0 aliphatic heterocycles. The molecule has 0 heterocycles. The molecule has 0 aromatic heterocycles. The lowest BCUT2D eigenvalue weighted by Gasteiger charge is -2.31. The largest absolute Gasteiger partial charge is 0.480 e. The molecule has 0 bridgehead atoms. The number of hydrogen-bond donors (Lipinski definition) is 5. The Hall–Kier alpha value is -2.19. The molecule has 3 rings (SSSR count). The average Bonchev–Trinajstić information content (AvgIpc) is 3.25. The molecule has 0 spiro atoms. The first kappa shape index (κ1) is 23.5. The van der Waals surface area contributed by atoms with E-state index in [2.05, 4.69) is 41.7 Å². The Kier molecular flexibility index (Phi) is 8.26. The highest BCUT2D eigenvalue weighted by Gasteiger charge is 2.45. The quantitative estimate of drug-likeness (QED) is 0.280. The predicted octanol–water partition coefficient (Wildman–Crippen LogP) is 3.04. The number of aliphatic carboxylic acids is 1. The van der Waals surface area contributed by atoms with Crippen LogP contribution < -0.4 is 11.1 Å². The summed E-state index contributed by atoms with van der Waals surface area (Å²) in [6.45, 7) is 0.742. The van der Waals surface area contributed by atoms with Gasteiger partial charge in [0.2, 0.25) is 0 Å². The van der Waals surface area contributed by atoms with Crippen LogP contribution in [0, 0.1) is 5.92 Å². The molecule has 2 aromatic rings. The van der Waals surface area contributed by atoms with Crippen molar-refractivity contribution >= 4 is 13.1 Å². The highest BCUT2D eigenvalue weighted by atomic mass is 16.4. The fraction of sp³-hybridized carbons (Fsp3) is 0.458. The zero-order valence-corrected chi connectivity index (χ0v) is 17.9. The van der Waals surface area contributed by atoms with Gasteiger partial charge < -0.3 is 26.2 Å². The van der Waals surface area contributed by atoms with Gasteiger partial charge in [-0.2, -0.15) is 0 Å². The molecule has 0 unspecified atom stereocenters. The minimum atomic E-state index is -1.35. The summed E-state index contributed by atoms with van der Waals surface area (Å²) in [5.41, 5.74) is 8.68. The molecule has 2 aromatic carbocycles. The normalized spacial score (nSPS) is 20.4. The van der Waals surface area contributed by atoms with Crippen LogP contribution in [0.4, 0.5) is 0 Å². The van der Waals surface area contributed by atoms with Crippen LogP contribution >= 0.6 is 0 Å². The molecule has 7 heteroatoms. The molecule has 6 nitrogen and oxygen atoms in total. The Balaban J connectivity index is 1.50. The monoisotopic (exact) mass is 424 g/mol. The predicted molar refractivity (Wildman–Crippen MR) is 123 cm³/mol. The van der Waals surface area contributed by atoms with Crippen LogP contribution in [-0.4, -0.2) is 39.8 Å². The van der Waals surface area contributed by atoms with E-state index in [-0.39, 0.29) is 18.3 Å². The van der Waals surface area contributed by atoms with E-state index >= 15 is 0 Å². The van der Waals surface area contributed by atoms with E-state index in [0.29, 0.717) is 19.3 Å². The average molecular weight is 424 g/mol. The van der Waals surface area contributed by atoms with Crippen molar-refractivity contribution in [3.63, 3.8) is 0 Å². The van der Waals surface area contributed by atoms with Gasteiger partial charge in [-0.05, 0) is 54.6 Å². The van der Waals surface area contributed by atoms with Gasteiger partial charge in [0.15, 0.2) is 0 Å². The second kappa shape index (κ2) is 10.9. The molecular formula is C24H33BN2O4. The van der Waals surface area contributed by atoms with E-state index in [1.165, 1.54) is 16.7 Å². The first-order valence-electron chi connectivity index (χ1n) is 11.1. The number of rotatable bonds is 11. The number of carboxylic acid groups (broad SMARTS) is 1. The van der Waals surface area contributed by atoms with Crippen molar-refractivity contribution in [1.82, 2.24) is 5.32 Å². The van der Waals surface area contributed by atoms with Crippen molar-refractivity contribution in [2.45, 2.75) is 63.0 Å². The first-order chi connectivity index (χ1) is 14.9. The Labute approximate surface area is 184 Å². The molecule has 6 N–H and O–H groups in total. The molecule has 0 radical (unpaired) electrons. The van der Waals surface area contributed by atoms with E-state index in [4.69, 9.17) is 15.8 Å². The van der Waals surface area contributed by atoms with Crippen LogP contribution in [0.3, 0.4) is 0 Å². The molecule has 0 saturated heterocycles. The van der Waals surface area contributed by atoms with Crippen LogP contribution in [0.15, 0.2) is 54.6 Å². The van der Waals surface area contributed by atoms with Crippen molar-refractivity contribution < 1.29 is 19.9 Å². The summed E-state index contributed by atoms with van der Waals surface area (Å²) < 4.78 is 0. The van der Waals surface area contributed by atoms with E-state index in [1.54, 1.807) is 0 Å². The fourth-order valence-electron chi connectivity index (χ4n) is 4.57. The third kappa shape index (κ3) is 6.40. The lowest BCUT2D eigenvalue weighted by molar-refractivity contribution is -0.146. The number of benzene rings is 2. The van der Waals surface area contributed by atoms with Crippen LogP contribution in [-0.2, 0) is 11.3 Å². The van der Waals surface area contributed by atoms with E-state index in [0.717, 1.165) is 25.8 Å². The third-order valence-electron chi connectivity index (χ3n) is 6.52. The topological polar surface area (TPSA) is 116 Å². The Morgan fingerprint density at radius 3 is 2.35 bits per heavy atom. The molecule has 1 fully saturated rings. The Bertz CT molecular complexity index is 831. The number of hydrogen-bond acceptors (Lipinski definition) is 5. The maximum Gasteiger partial charge on any atom is 0.451 e. The number of unbranched alkanes of at least 4 members (excludes halogenated alkanes) is 1. The standard InChI is InChI=1S/C24H33BN2O4/c26-24(23(28)29,14-4-5-15-25(30)31)21-12-13-22(16-21)27-17-18-8-10-20(11-9-18)19-6-2-1-3-7-19/h1-3,6-11,21-22,27,30-31H,4-5,12-17,26H2,(H,28,29)/t21-,22+,24-/m1/s1.